The zero-order valence-corrected chi connectivity index (χ0v) is 15.6. The number of carboxylic acids is 2. The van der Waals surface area contributed by atoms with Crippen LogP contribution in [0.15, 0.2) is 18.2 Å². The average Bonchev–Trinajstić information content (AvgIpc) is 2.58. The second kappa shape index (κ2) is 7.14. The van der Waals surface area contributed by atoms with E-state index in [2.05, 4.69) is 5.32 Å². The first-order valence-electron chi connectivity index (χ1n) is 8.69. The number of benzene rings is 1. The van der Waals surface area contributed by atoms with E-state index >= 15 is 0 Å². The predicted molar refractivity (Wildman–Crippen MR) is 92.1 cm³/mol. The van der Waals surface area contributed by atoms with Crippen molar-refractivity contribution in [2.75, 3.05) is 6.67 Å². The van der Waals surface area contributed by atoms with Crippen molar-refractivity contribution in [3.8, 4) is 0 Å². The van der Waals surface area contributed by atoms with Gasteiger partial charge in [0.05, 0.1) is 16.9 Å². The van der Waals surface area contributed by atoms with Gasteiger partial charge in [0.25, 0.3) is 0 Å². The number of rotatable bonds is 5. The van der Waals surface area contributed by atoms with Gasteiger partial charge in [0.2, 0.25) is 0 Å². The number of carboxylic acid groups (broad SMARTS) is 2. The normalized spacial score (nSPS) is 33.9. The lowest BCUT2D eigenvalue weighted by Crippen LogP contribution is -2.71. The summed E-state index contributed by atoms with van der Waals surface area (Å²) in [5.74, 6) is -7.53. The number of hydrogen-bond donors (Lipinski definition) is 3. The molecule has 1 aromatic carbocycles. The molecule has 8 heteroatoms. The molecule has 0 aromatic heterocycles. The van der Waals surface area contributed by atoms with Crippen molar-refractivity contribution in [1.82, 2.24) is 5.32 Å². The van der Waals surface area contributed by atoms with Crippen molar-refractivity contribution in [3.05, 3.63) is 35.4 Å². The average molecular weight is 387 g/mol. The highest BCUT2D eigenvalue weighted by molar-refractivity contribution is 5.84. The van der Waals surface area contributed by atoms with E-state index in [1.807, 2.05) is 0 Å². The monoisotopic (exact) mass is 387 g/mol. The Morgan fingerprint density at radius 1 is 1.22 bits per heavy atom. The molecule has 0 amide bonds. The van der Waals surface area contributed by atoms with Gasteiger partial charge < -0.3 is 15.5 Å². The van der Waals surface area contributed by atoms with E-state index in [4.69, 9.17) is 0 Å². The van der Waals surface area contributed by atoms with E-state index in [9.17, 15) is 33.0 Å². The minimum absolute atomic E-state index is 0.372. The standard InChI is InChI=1S/C19H24F3NO4/c1-9(2)19(17(26)27)10(3)23-13(8-20)18(4,16(24)25)15(19)11-6-5-7-12(21)14(11)22/h5-7,9-10,13,15,23H,8H2,1-4H3,(H,24,25)(H,26,27). The summed E-state index contributed by atoms with van der Waals surface area (Å²) in [6.07, 6.45) is 0. The Balaban J connectivity index is 2.97. The quantitative estimate of drug-likeness (QED) is 0.722. The first-order valence-corrected chi connectivity index (χ1v) is 8.69. The van der Waals surface area contributed by atoms with Crippen molar-refractivity contribution < 1.29 is 33.0 Å². The molecule has 1 aliphatic rings. The highest BCUT2D eigenvalue weighted by Gasteiger charge is 2.67. The Kier molecular flexibility index (Phi) is 5.61. The van der Waals surface area contributed by atoms with Gasteiger partial charge in [-0.25, -0.2) is 13.2 Å². The minimum Gasteiger partial charge on any atom is -0.481 e. The summed E-state index contributed by atoms with van der Waals surface area (Å²) in [7, 11) is 0. The van der Waals surface area contributed by atoms with Gasteiger partial charge >= 0.3 is 11.9 Å². The zero-order valence-electron chi connectivity index (χ0n) is 15.6. The van der Waals surface area contributed by atoms with E-state index in [1.54, 1.807) is 13.8 Å². The van der Waals surface area contributed by atoms with Gasteiger partial charge in [0, 0.05) is 12.0 Å². The molecule has 1 aliphatic heterocycles. The predicted octanol–water partition coefficient (Wildman–Crippen LogP) is 3.20. The third-order valence-corrected chi connectivity index (χ3v) is 6.20. The molecular weight excluding hydrogens is 363 g/mol. The van der Waals surface area contributed by atoms with Crippen LogP contribution in [-0.4, -0.2) is 40.9 Å². The maximum absolute atomic E-state index is 14.7. The van der Waals surface area contributed by atoms with Crippen molar-refractivity contribution in [2.24, 2.45) is 16.7 Å². The van der Waals surface area contributed by atoms with E-state index in [1.165, 1.54) is 26.0 Å². The number of halogens is 3. The smallest absolute Gasteiger partial charge is 0.312 e. The van der Waals surface area contributed by atoms with E-state index in [-0.39, 0.29) is 5.56 Å². The second-order valence-electron chi connectivity index (χ2n) is 7.65. The van der Waals surface area contributed by atoms with Gasteiger partial charge in [-0.2, -0.15) is 0 Å². The summed E-state index contributed by atoms with van der Waals surface area (Å²) in [6, 6.07) is 1.07. The minimum atomic E-state index is -2.03. The SMILES string of the molecule is CC(C)C1(C(=O)O)C(C)NC(CF)C(C)(C(=O)O)C1c1cccc(F)c1F. The Labute approximate surface area is 155 Å². The highest BCUT2D eigenvalue weighted by atomic mass is 19.2. The van der Waals surface area contributed by atoms with Gasteiger partial charge in [-0.3, -0.25) is 9.59 Å². The van der Waals surface area contributed by atoms with Crippen molar-refractivity contribution in [2.45, 2.75) is 45.7 Å². The zero-order chi connectivity index (χ0) is 20.7. The van der Waals surface area contributed by atoms with Crippen LogP contribution in [0.25, 0.3) is 0 Å². The van der Waals surface area contributed by atoms with Crippen LogP contribution in [0.1, 0.15) is 39.2 Å². The largest absolute Gasteiger partial charge is 0.481 e. The van der Waals surface area contributed by atoms with Crippen molar-refractivity contribution >= 4 is 11.9 Å². The second-order valence-corrected chi connectivity index (χ2v) is 7.65. The topological polar surface area (TPSA) is 86.6 Å². The molecule has 5 atom stereocenters. The van der Waals surface area contributed by atoms with Crippen LogP contribution >= 0.6 is 0 Å². The van der Waals surface area contributed by atoms with Crippen LogP contribution in [0.3, 0.4) is 0 Å². The summed E-state index contributed by atoms with van der Waals surface area (Å²) < 4.78 is 42.5. The maximum atomic E-state index is 14.7. The number of piperidine rings is 1. The fraction of sp³-hybridized carbons (Fsp3) is 0.579. The molecule has 1 aromatic rings. The number of alkyl halides is 1. The molecule has 5 unspecified atom stereocenters. The van der Waals surface area contributed by atoms with Gasteiger partial charge in [0.1, 0.15) is 6.67 Å². The van der Waals surface area contributed by atoms with Crippen LogP contribution in [0, 0.1) is 28.4 Å². The fourth-order valence-corrected chi connectivity index (χ4v) is 4.75. The molecule has 0 spiro atoms. The van der Waals surface area contributed by atoms with E-state index < -0.39 is 65.0 Å². The molecule has 150 valence electrons. The molecule has 0 saturated carbocycles. The third-order valence-electron chi connectivity index (χ3n) is 6.20. The number of carbonyl (C=O) groups is 2. The van der Waals surface area contributed by atoms with Crippen molar-refractivity contribution in [1.29, 1.82) is 0 Å². The van der Waals surface area contributed by atoms with Gasteiger partial charge in [-0.15, -0.1) is 0 Å². The van der Waals surface area contributed by atoms with E-state index in [0.29, 0.717) is 0 Å². The van der Waals surface area contributed by atoms with Crippen LogP contribution in [0.4, 0.5) is 13.2 Å². The summed E-state index contributed by atoms with van der Waals surface area (Å²) in [5, 5.41) is 22.9. The van der Waals surface area contributed by atoms with Gasteiger partial charge in [-0.05, 0) is 31.4 Å². The molecule has 27 heavy (non-hydrogen) atoms. The van der Waals surface area contributed by atoms with Gasteiger partial charge in [0.15, 0.2) is 11.6 Å². The molecule has 0 radical (unpaired) electrons. The van der Waals surface area contributed by atoms with Crippen LogP contribution in [0.2, 0.25) is 0 Å². The Bertz CT molecular complexity index is 756. The number of aliphatic carboxylic acids is 2. The lowest BCUT2D eigenvalue weighted by molar-refractivity contribution is -0.176. The highest BCUT2D eigenvalue weighted by Crippen LogP contribution is 2.58. The summed E-state index contributed by atoms with van der Waals surface area (Å²) in [4.78, 5) is 24.7. The summed E-state index contributed by atoms with van der Waals surface area (Å²) >= 11 is 0. The Morgan fingerprint density at radius 2 is 1.81 bits per heavy atom. The molecule has 1 heterocycles. The molecule has 0 bridgehead atoms. The molecule has 1 fully saturated rings. The van der Waals surface area contributed by atoms with Gasteiger partial charge in [-0.1, -0.05) is 26.0 Å². The first kappa shape index (κ1) is 21.2. The number of hydrogen-bond acceptors (Lipinski definition) is 3. The molecule has 0 aliphatic carbocycles. The molecular formula is C19H24F3NO4. The maximum Gasteiger partial charge on any atom is 0.312 e. The van der Waals surface area contributed by atoms with Crippen LogP contribution < -0.4 is 5.32 Å². The number of nitrogens with one attached hydrogen (secondary N) is 1. The lowest BCUT2D eigenvalue weighted by atomic mass is 9.49. The van der Waals surface area contributed by atoms with Crippen LogP contribution in [-0.2, 0) is 9.59 Å². The van der Waals surface area contributed by atoms with E-state index in [0.717, 1.165) is 6.07 Å². The molecule has 3 N–H and O–H groups in total. The summed E-state index contributed by atoms with van der Waals surface area (Å²) in [5.41, 5.74) is -4.21. The Hall–Kier alpha value is -2.09. The van der Waals surface area contributed by atoms with Crippen LogP contribution in [0.5, 0.6) is 0 Å². The molecule has 5 nitrogen and oxygen atoms in total. The fourth-order valence-electron chi connectivity index (χ4n) is 4.75. The lowest BCUT2D eigenvalue weighted by Gasteiger charge is -2.57. The summed E-state index contributed by atoms with van der Waals surface area (Å²) in [6.45, 7) is 4.74. The first-order chi connectivity index (χ1) is 12.5. The van der Waals surface area contributed by atoms with Crippen molar-refractivity contribution in [3.63, 3.8) is 0 Å². The third kappa shape index (κ3) is 2.81. The molecule has 2 rings (SSSR count). The molecule has 1 saturated heterocycles. The Morgan fingerprint density at radius 3 is 2.26 bits per heavy atom.